The van der Waals surface area contributed by atoms with Gasteiger partial charge in [-0.05, 0) is 56.8 Å². The molecule has 0 fully saturated rings. The maximum absolute atomic E-state index is 9.83. The summed E-state index contributed by atoms with van der Waals surface area (Å²) in [5.41, 5.74) is 3.00. The molecule has 0 aliphatic heterocycles. The molecule has 0 saturated carbocycles. The van der Waals surface area contributed by atoms with Gasteiger partial charge in [-0.25, -0.2) is 0 Å². The summed E-state index contributed by atoms with van der Waals surface area (Å²) in [7, 11) is 0. The number of benzene rings is 1. The van der Waals surface area contributed by atoms with Crippen LogP contribution in [0.5, 0.6) is 5.75 Å². The molecule has 0 amide bonds. The fourth-order valence-electron chi connectivity index (χ4n) is 2.68. The van der Waals surface area contributed by atoms with E-state index >= 15 is 0 Å². The topological polar surface area (TPSA) is 20.2 Å². The highest BCUT2D eigenvalue weighted by Crippen LogP contribution is 2.50. The lowest BCUT2D eigenvalue weighted by Gasteiger charge is -2.42. The molecule has 16 heavy (non-hydrogen) atoms. The van der Waals surface area contributed by atoms with Crippen molar-refractivity contribution in [3.63, 3.8) is 0 Å². The van der Waals surface area contributed by atoms with Crippen LogP contribution in [-0.4, -0.2) is 5.11 Å². The molecule has 0 bridgehead atoms. The van der Waals surface area contributed by atoms with Gasteiger partial charge in [-0.3, -0.25) is 0 Å². The highest BCUT2D eigenvalue weighted by molar-refractivity contribution is 9.10. The zero-order valence-corrected chi connectivity index (χ0v) is 12.0. The molecule has 1 nitrogen and oxygen atoms in total. The minimum absolute atomic E-state index is 0.141. The van der Waals surface area contributed by atoms with Gasteiger partial charge in [0.1, 0.15) is 5.75 Å². The van der Waals surface area contributed by atoms with Crippen molar-refractivity contribution in [2.45, 2.75) is 51.4 Å². The van der Waals surface area contributed by atoms with Crippen molar-refractivity contribution >= 4 is 15.9 Å². The van der Waals surface area contributed by atoms with Crippen LogP contribution in [0.2, 0.25) is 0 Å². The molecule has 88 valence electrons. The van der Waals surface area contributed by atoms with Gasteiger partial charge in [-0.1, -0.05) is 33.8 Å². The lowest BCUT2D eigenvalue weighted by atomic mass is 9.63. The molecule has 0 atom stereocenters. The molecular formula is C14H19BrO. The van der Waals surface area contributed by atoms with E-state index < -0.39 is 0 Å². The number of phenols is 1. The molecule has 0 heterocycles. The summed E-state index contributed by atoms with van der Waals surface area (Å²) in [6, 6.07) is 3.88. The largest absolute Gasteiger partial charge is 0.507 e. The second kappa shape index (κ2) is 3.49. The van der Waals surface area contributed by atoms with E-state index in [9.17, 15) is 5.11 Å². The third kappa shape index (κ3) is 1.67. The molecule has 0 unspecified atom stereocenters. The molecule has 1 aliphatic carbocycles. The molecule has 1 aromatic carbocycles. The normalized spacial score (nSPS) is 21.6. The van der Waals surface area contributed by atoms with Crippen molar-refractivity contribution in [2.75, 3.05) is 0 Å². The number of rotatable bonds is 0. The summed E-state index contributed by atoms with van der Waals surface area (Å²) in [5.74, 6) is 0.351. The van der Waals surface area contributed by atoms with E-state index in [-0.39, 0.29) is 10.8 Å². The minimum Gasteiger partial charge on any atom is -0.507 e. The number of hydrogen-bond acceptors (Lipinski definition) is 1. The fourth-order valence-corrected chi connectivity index (χ4v) is 3.56. The average Bonchev–Trinajstić information content (AvgIpc) is 2.17. The van der Waals surface area contributed by atoms with E-state index in [1.807, 2.05) is 0 Å². The molecule has 1 N–H and O–H groups in total. The van der Waals surface area contributed by atoms with Gasteiger partial charge in [-0.2, -0.15) is 0 Å². The number of halogens is 1. The highest BCUT2D eigenvalue weighted by Gasteiger charge is 2.38. The minimum atomic E-state index is 0.141. The molecule has 0 radical (unpaired) electrons. The van der Waals surface area contributed by atoms with Crippen LogP contribution in [0, 0.1) is 0 Å². The van der Waals surface area contributed by atoms with Crippen LogP contribution < -0.4 is 0 Å². The lowest BCUT2D eigenvalue weighted by molar-refractivity contribution is 0.328. The van der Waals surface area contributed by atoms with E-state index in [2.05, 4.69) is 49.7 Å². The van der Waals surface area contributed by atoms with E-state index in [0.29, 0.717) is 5.75 Å². The number of aromatic hydroxyl groups is 1. The summed E-state index contributed by atoms with van der Waals surface area (Å²) < 4.78 is 0.878. The van der Waals surface area contributed by atoms with Crippen molar-refractivity contribution in [2.24, 2.45) is 0 Å². The Balaban J connectivity index is 2.75. The summed E-state index contributed by atoms with van der Waals surface area (Å²) in [4.78, 5) is 0. The van der Waals surface area contributed by atoms with Gasteiger partial charge in [0, 0.05) is 0 Å². The van der Waals surface area contributed by atoms with Crippen molar-refractivity contribution in [1.82, 2.24) is 0 Å². The Kier molecular flexibility index (Phi) is 2.61. The van der Waals surface area contributed by atoms with Crippen LogP contribution in [-0.2, 0) is 10.8 Å². The molecule has 2 heteroatoms. The van der Waals surface area contributed by atoms with E-state index in [4.69, 9.17) is 0 Å². The molecule has 0 aromatic heterocycles. The first kappa shape index (κ1) is 12.0. The van der Waals surface area contributed by atoms with Crippen LogP contribution in [0.1, 0.15) is 51.7 Å². The average molecular weight is 283 g/mol. The zero-order chi connectivity index (χ0) is 12.1. The summed E-state index contributed by atoms with van der Waals surface area (Å²) >= 11 is 3.54. The zero-order valence-electron chi connectivity index (χ0n) is 10.4. The maximum Gasteiger partial charge on any atom is 0.130 e. The highest BCUT2D eigenvalue weighted by atomic mass is 79.9. The monoisotopic (exact) mass is 282 g/mol. The predicted molar refractivity (Wildman–Crippen MR) is 71.1 cm³/mol. The van der Waals surface area contributed by atoms with Crippen molar-refractivity contribution < 1.29 is 5.11 Å². The van der Waals surface area contributed by atoms with Crippen LogP contribution >= 0.6 is 15.9 Å². The molecule has 2 rings (SSSR count). The fraction of sp³-hybridized carbons (Fsp3) is 0.571. The van der Waals surface area contributed by atoms with Crippen LogP contribution in [0.4, 0.5) is 0 Å². The number of phenolic OH excluding ortho intramolecular Hbond substituents is 1. The third-order valence-corrected chi connectivity index (χ3v) is 4.71. The standard InChI is InChI=1S/C14H19BrO/c1-13(2)7-8-14(3,4)11-9(13)5-6-10(16)12(11)15/h5-6,16H,7-8H2,1-4H3. The number of fused-ring (bicyclic) bond motifs is 1. The van der Waals surface area contributed by atoms with Crippen molar-refractivity contribution in [1.29, 1.82) is 0 Å². The Hall–Kier alpha value is -0.500. The predicted octanol–water partition coefficient (Wildman–Crippen LogP) is 4.50. The van der Waals surface area contributed by atoms with Crippen molar-refractivity contribution in [3.8, 4) is 5.75 Å². The Morgan fingerprint density at radius 1 is 1.06 bits per heavy atom. The van der Waals surface area contributed by atoms with Crippen molar-refractivity contribution in [3.05, 3.63) is 27.7 Å². The smallest absolute Gasteiger partial charge is 0.130 e. The van der Waals surface area contributed by atoms with Gasteiger partial charge in [0.15, 0.2) is 0 Å². The SMILES string of the molecule is CC1(C)CCC(C)(C)c2c1ccc(O)c2Br. The maximum atomic E-state index is 9.83. The van der Waals surface area contributed by atoms with Crippen LogP contribution in [0.3, 0.4) is 0 Å². The van der Waals surface area contributed by atoms with Gasteiger partial charge in [0.2, 0.25) is 0 Å². The van der Waals surface area contributed by atoms with Crippen LogP contribution in [0.15, 0.2) is 16.6 Å². The molecule has 0 spiro atoms. The summed E-state index contributed by atoms with van der Waals surface area (Å²) in [5, 5.41) is 9.83. The first-order valence-corrected chi connectivity index (χ1v) is 6.57. The van der Waals surface area contributed by atoms with Gasteiger partial charge >= 0.3 is 0 Å². The Labute approximate surface area is 106 Å². The Morgan fingerprint density at radius 3 is 2.25 bits per heavy atom. The summed E-state index contributed by atoms with van der Waals surface area (Å²) in [6.07, 6.45) is 2.36. The Morgan fingerprint density at radius 2 is 1.62 bits per heavy atom. The van der Waals surface area contributed by atoms with Gasteiger partial charge in [-0.15, -0.1) is 0 Å². The first-order valence-electron chi connectivity index (χ1n) is 5.78. The second-order valence-electron chi connectivity index (χ2n) is 6.09. The third-order valence-electron chi connectivity index (χ3n) is 3.90. The van der Waals surface area contributed by atoms with E-state index in [1.165, 1.54) is 17.5 Å². The van der Waals surface area contributed by atoms with Gasteiger partial charge in [0.05, 0.1) is 4.47 Å². The molecular weight excluding hydrogens is 264 g/mol. The van der Waals surface area contributed by atoms with E-state index in [1.54, 1.807) is 6.07 Å². The molecule has 1 aliphatic rings. The first-order chi connectivity index (χ1) is 7.26. The van der Waals surface area contributed by atoms with Gasteiger partial charge in [0.25, 0.3) is 0 Å². The van der Waals surface area contributed by atoms with E-state index in [0.717, 1.165) is 10.9 Å². The molecule has 0 saturated heterocycles. The molecule has 1 aromatic rings. The van der Waals surface area contributed by atoms with Crippen LogP contribution in [0.25, 0.3) is 0 Å². The lowest BCUT2D eigenvalue weighted by Crippen LogP contribution is -2.34. The quantitative estimate of drug-likeness (QED) is 0.743. The second-order valence-corrected chi connectivity index (χ2v) is 6.88. The van der Waals surface area contributed by atoms with Gasteiger partial charge < -0.3 is 5.11 Å². The summed E-state index contributed by atoms with van der Waals surface area (Å²) in [6.45, 7) is 9.08. The number of hydrogen-bond donors (Lipinski definition) is 1. The Bertz CT molecular complexity index is 433.